The molecule has 3 aliphatic heterocycles. The zero-order chi connectivity index (χ0) is 23.5. The Morgan fingerprint density at radius 3 is 2.32 bits per heavy atom. The number of likely N-dealkylation sites (tertiary alicyclic amines) is 2. The summed E-state index contributed by atoms with van der Waals surface area (Å²) in [6.07, 6.45) is 4.40. The van der Waals surface area contributed by atoms with Crippen LogP contribution in [0.2, 0.25) is 0 Å². The number of benzene rings is 2. The second kappa shape index (κ2) is 9.88. The molecule has 6 heteroatoms. The van der Waals surface area contributed by atoms with Gasteiger partial charge >= 0.3 is 0 Å². The molecule has 180 valence electrons. The van der Waals surface area contributed by atoms with Crippen LogP contribution in [0, 0.1) is 0 Å². The van der Waals surface area contributed by atoms with Gasteiger partial charge in [-0.2, -0.15) is 0 Å². The maximum Gasteiger partial charge on any atom is 0.253 e. The second-order valence-electron chi connectivity index (χ2n) is 9.67. The fourth-order valence-corrected chi connectivity index (χ4v) is 5.44. The highest BCUT2D eigenvalue weighted by Crippen LogP contribution is 2.32. The molecule has 5 rings (SSSR count). The Hall–Kier alpha value is -2.70. The van der Waals surface area contributed by atoms with Crippen LogP contribution < -0.4 is 0 Å². The van der Waals surface area contributed by atoms with E-state index in [1.54, 1.807) is 0 Å². The van der Waals surface area contributed by atoms with Gasteiger partial charge in [-0.1, -0.05) is 31.2 Å². The van der Waals surface area contributed by atoms with Crippen molar-refractivity contribution in [3.63, 3.8) is 0 Å². The third-order valence-corrected chi connectivity index (χ3v) is 7.55. The molecule has 0 unspecified atom stereocenters. The van der Waals surface area contributed by atoms with Crippen LogP contribution in [-0.4, -0.2) is 66.8 Å². The molecule has 1 atom stereocenters. The first-order chi connectivity index (χ1) is 16.6. The highest BCUT2D eigenvalue weighted by molar-refractivity contribution is 5.95. The average Bonchev–Trinajstić information content (AvgIpc) is 3.36. The second-order valence-corrected chi connectivity index (χ2v) is 9.67. The van der Waals surface area contributed by atoms with Crippen LogP contribution in [0.5, 0.6) is 0 Å². The van der Waals surface area contributed by atoms with Gasteiger partial charge in [0.25, 0.3) is 11.8 Å². The minimum absolute atomic E-state index is 0.0643. The minimum atomic E-state index is -0.479. The van der Waals surface area contributed by atoms with Gasteiger partial charge in [0.15, 0.2) is 5.79 Å². The Balaban J connectivity index is 1.24. The predicted octanol–water partition coefficient (Wildman–Crippen LogP) is 4.25. The van der Waals surface area contributed by atoms with Gasteiger partial charge in [-0.3, -0.25) is 9.59 Å². The van der Waals surface area contributed by atoms with E-state index in [1.807, 2.05) is 52.3 Å². The normalized spacial score (nSPS) is 22.2. The third-order valence-electron chi connectivity index (χ3n) is 7.55. The van der Waals surface area contributed by atoms with E-state index in [4.69, 9.17) is 9.47 Å². The topological polar surface area (TPSA) is 59.1 Å². The molecule has 1 spiro atoms. The van der Waals surface area contributed by atoms with Crippen LogP contribution in [0.15, 0.2) is 48.5 Å². The quantitative estimate of drug-likeness (QED) is 0.682. The molecule has 0 aliphatic carbocycles. The number of hydrogen-bond donors (Lipinski definition) is 0. The lowest BCUT2D eigenvalue weighted by Gasteiger charge is -2.37. The van der Waals surface area contributed by atoms with Crippen molar-refractivity contribution in [2.24, 2.45) is 0 Å². The minimum Gasteiger partial charge on any atom is -0.347 e. The Morgan fingerprint density at radius 1 is 0.912 bits per heavy atom. The fraction of sp³-hybridized carbons (Fsp3) is 0.500. The molecule has 3 heterocycles. The van der Waals surface area contributed by atoms with Crippen LogP contribution in [0.25, 0.3) is 0 Å². The summed E-state index contributed by atoms with van der Waals surface area (Å²) >= 11 is 0. The summed E-state index contributed by atoms with van der Waals surface area (Å²) in [5, 5.41) is 0. The molecule has 2 amide bonds. The maximum absolute atomic E-state index is 13.2. The van der Waals surface area contributed by atoms with E-state index in [9.17, 15) is 9.59 Å². The number of piperidine rings is 2. The Labute approximate surface area is 201 Å². The van der Waals surface area contributed by atoms with Gasteiger partial charge in [0.1, 0.15) is 0 Å². The van der Waals surface area contributed by atoms with Crippen molar-refractivity contribution >= 4 is 11.8 Å². The van der Waals surface area contributed by atoms with E-state index in [0.29, 0.717) is 32.8 Å². The Morgan fingerprint density at radius 2 is 1.62 bits per heavy atom. The predicted molar refractivity (Wildman–Crippen MR) is 130 cm³/mol. The number of aryl methyl sites for hydroxylation is 1. The number of hydrogen-bond acceptors (Lipinski definition) is 4. The monoisotopic (exact) mass is 462 g/mol. The smallest absolute Gasteiger partial charge is 0.253 e. The number of nitrogens with zero attached hydrogens (tertiary/aromatic N) is 2. The molecule has 6 nitrogen and oxygen atoms in total. The summed E-state index contributed by atoms with van der Waals surface area (Å²) in [6.45, 7) is 6.15. The van der Waals surface area contributed by atoms with Gasteiger partial charge in [-0.05, 0) is 54.7 Å². The van der Waals surface area contributed by atoms with Gasteiger partial charge in [0, 0.05) is 56.1 Å². The summed E-state index contributed by atoms with van der Waals surface area (Å²) in [5.74, 6) is -0.0777. The zero-order valence-corrected chi connectivity index (χ0v) is 20.0. The first-order valence-corrected chi connectivity index (χ1v) is 12.6. The lowest BCUT2D eigenvalue weighted by atomic mass is 9.89. The standard InChI is InChI=1S/C28H34N2O4/c1-2-21-8-10-22(11-9-21)26(31)30-14-4-7-25(20-30)23-5-3-6-24(19-23)27(32)29-15-12-28(13-16-29)33-17-18-34-28/h3,5-6,8-11,19,25H,2,4,7,12-18,20H2,1H3/t25-/m0/s1. The molecule has 34 heavy (non-hydrogen) atoms. The molecule has 3 saturated heterocycles. The molecule has 3 aliphatic rings. The first kappa shape index (κ1) is 23.1. The van der Waals surface area contributed by atoms with Gasteiger partial charge in [0.05, 0.1) is 13.2 Å². The molecule has 3 fully saturated rings. The molecule has 2 aromatic carbocycles. The van der Waals surface area contributed by atoms with Crippen molar-refractivity contribution in [2.75, 3.05) is 39.4 Å². The first-order valence-electron chi connectivity index (χ1n) is 12.6. The number of amides is 2. The van der Waals surface area contributed by atoms with Gasteiger partial charge < -0.3 is 19.3 Å². The van der Waals surface area contributed by atoms with Crippen LogP contribution in [0.3, 0.4) is 0 Å². The Bertz CT molecular complexity index is 1020. The molecule has 0 radical (unpaired) electrons. The zero-order valence-electron chi connectivity index (χ0n) is 20.0. The SMILES string of the molecule is CCc1ccc(C(=O)N2CCC[C@H](c3cccc(C(=O)N4CCC5(CC4)OCCO5)c3)C2)cc1. The highest BCUT2D eigenvalue weighted by atomic mass is 16.7. The summed E-state index contributed by atoms with van der Waals surface area (Å²) in [6, 6.07) is 16.0. The maximum atomic E-state index is 13.2. The lowest BCUT2D eigenvalue weighted by Crippen LogP contribution is -2.47. The van der Waals surface area contributed by atoms with Crippen molar-refractivity contribution in [2.45, 2.75) is 50.7 Å². The average molecular weight is 463 g/mol. The van der Waals surface area contributed by atoms with E-state index >= 15 is 0 Å². The van der Waals surface area contributed by atoms with E-state index < -0.39 is 5.79 Å². The van der Waals surface area contributed by atoms with Gasteiger partial charge in [-0.15, -0.1) is 0 Å². The third kappa shape index (κ3) is 4.75. The molecular weight excluding hydrogens is 428 g/mol. The number of ether oxygens (including phenoxy) is 2. The lowest BCUT2D eigenvalue weighted by molar-refractivity contribution is -0.181. The van der Waals surface area contributed by atoms with Crippen molar-refractivity contribution in [1.29, 1.82) is 0 Å². The molecule has 0 aromatic heterocycles. The fourth-order valence-electron chi connectivity index (χ4n) is 5.44. The van der Waals surface area contributed by atoms with Gasteiger partial charge in [0.2, 0.25) is 0 Å². The molecule has 0 saturated carbocycles. The molecular formula is C28H34N2O4. The summed E-state index contributed by atoms with van der Waals surface area (Å²) in [7, 11) is 0. The summed E-state index contributed by atoms with van der Waals surface area (Å²) in [5.41, 5.74) is 3.85. The van der Waals surface area contributed by atoms with Crippen molar-refractivity contribution in [3.05, 3.63) is 70.8 Å². The number of carbonyl (C=O) groups is 2. The van der Waals surface area contributed by atoms with E-state index in [1.165, 1.54) is 5.56 Å². The van der Waals surface area contributed by atoms with E-state index in [-0.39, 0.29) is 17.7 Å². The van der Waals surface area contributed by atoms with Crippen LogP contribution in [0.4, 0.5) is 0 Å². The van der Waals surface area contributed by atoms with Crippen molar-refractivity contribution < 1.29 is 19.1 Å². The summed E-state index contributed by atoms with van der Waals surface area (Å²) in [4.78, 5) is 30.2. The molecule has 0 bridgehead atoms. The largest absolute Gasteiger partial charge is 0.347 e. The number of rotatable bonds is 4. The van der Waals surface area contributed by atoms with E-state index in [0.717, 1.165) is 55.3 Å². The highest BCUT2D eigenvalue weighted by Gasteiger charge is 2.41. The van der Waals surface area contributed by atoms with Crippen LogP contribution >= 0.6 is 0 Å². The van der Waals surface area contributed by atoms with E-state index in [2.05, 4.69) is 13.0 Å². The summed E-state index contributed by atoms with van der Waals surface area (Å²) < 4.78 is 11.6. The van der Waals surface area contributed by atoms with Crippen LogP contribution in [-0.2, 0) is 15.9 Å². The number of carbonyl (C=O) groups excluding carboxylic acids is 2. The molecule has 2 aromatic rings. The van der Waals surface area contributed by atoms with Crippen molar-refractivity contribution in [1.82, 2.24) is 9.80 Å². The van der Waals surface area contributed by atoms with Crippen LogP contribution in [0.1, 0.15) is 70.4 Å². The molecule has 0 N–H and O–H groups in total. The van der Waals surface area contributed by atoms with Gasteiger partial charge in [-0.25, -0.2) is 0 Å². The van der Waals surface area contributed by atoms with Crippen molar-refractivity contribution in [3.8, 4) is 0 Å². The Kier molecular flexibility index (Phi) is 6.70.